The number of carbonyl (C=O) groups excluding carboxylic acids is 2. The van der Waals surface area contributed by atoms with Crippen molar-refractivity contribution in [3.8, 4) is 0 Å². The first kappa shape index (κ1) is 15.2. The van der Waals surface area contributed by atoms with Crippen LogP contribution in [-0.4, -0.2) is 27.8 Å². The maximum absolute atomic E-state index is 11.7. The molecule has 1 aromatic rings. The molecule has 1 heterocycles. The Hall–Kier alpha value is -1.85. The number of carbonyl (C=O) groups is 2. The zero-order valence-electron chi connectivity index (χ0n) is 12.0. The highest BCUT2D eigenvalue weighted by molar-refractivity contribution is 5.74. The number of nitrogens with zero attached hydrogens (tertiary/aromatic N) is 2. The Morgan fingerprint density at radius 2 is 2.11 bits per heavy atom. The zero-order chi connectivity index (χ0) is 14.6. The van der Waals surface area contributed by atoms with E-state index in [-0.39, 0.29) is 6.04 Å². The van der Waals surface area contributed by atoms with Crippen LogP contribution in [0.5, 0.6) is 0 Å². The normalized spacial score (nSPS) is 13.2. The molecule has 1 aromatic heterocycles. The number of rotatable bonds is 4. The molecule has 1 unspecified atom stereocenters. The van der Waals surface area contributed by atoms with Crippen molar-refractivity contribution in [1.29, 1.82) is 0 Å². The van der Waals surface area contributed by atoms with Crippen LogP contribution in [-0.2, 0) is 9.53 Å². The monoisotopic (exact) mass is 267 g/mol. The lowest BCUT2D eigenvalue weighted by Crippen LogP contribution is -2.36. The average molecular weight is 267 g/mol. The lowest BCUT2D eigenvalue weighted by molar-refractivity contribution is -0.109. The Labute approximate surface area is 113 Å². The van der Waals surface area contributed by atoms with Crippen molar-refractivity contribution in [2.24, 2.45) is 0 Å². The molecule has 1 rings (SSSR count). The predicted octanol–water partition coefficient (Wildman–Crippen LogP) is 2.23. The fourth-order valence-electron chi connectivity index (χ4n) is 1.61. The fraction of sp³-hybridized carbons (Fsp3) is 0.615. The van der Waals surface area contributed by atoms with E-state index in [9.17, 15) is 9.59 Å². The summed E-state index contributed by atoms with van der Waals surface area (Å²) in [6, 6.07) is 1.05. The molecule has 0 spiro atoms. The number of nitrogens with one attached hydrogen (secondary N) is 1. The molecule has 1 atom stereocenters. The molecule has 6 heteroatoms. The van der Waals surface area contributed by atoms with Crippen LogP contribution in [0.25, 0.3) is 0 Å². The Morgan fingerprint density at radius 1 is 1.47 bits per heavy atom. The largest absolute Gasteiger partial charge is 0.444 e. The molecule has 0 fully saturated rings. The second-order valence-electron chi connectivity index (χ2n) is 5.55. The van der Waals surface area contributed by atoms with E-state index in [1.807, 2.05) is 13.8 Å². The van der Waals surface area contributed by atoms with Crippen LogP contribution in [0.2, 0.25) is 0 Å². The first-order valence-electron chi connectivity index (χ1n) is 6.23. The zero-order valence-corrected chi connectivity index (χ0v) is 12.0. The summed E-state index contributed by atoms with van der Waals surface area (Å²) < 4.78 is 6.82. The van der Waals surface area contributed by atoms with Crippen LogP contribution in [0.1, 0.15) is 52.4 Å². The van der Waals surface area contributed by atoms with Crippen LogP contribution < -0.4 is 5.32 Å². The third kappa shape index (κ3) is 4.39. The second kappa shape index (κ2) is 5.86. The third-order valence-electron chi connectivity index (χ3n) is 2.32. The van der Waals surface area contributed by atoms with Crippen LogP contribution in [0.4, 0.5) is 4.79 Å². The van der Waals surface area contributed by atoms with Gasteiger partial charge in [0.1, 0.15) is 17.9 Å². The summed E-state index contributed by atoms with van der Waals surface area (Å²) in [6.07, 6.45) is 1.64. The number of amides is 1. The number of hydrogen-bond donors (Lipinski definition) is 1. The van der Waals surface area contributed by atoms with Gasteiger partial charge in [0, 0.05) is 12.2 Å². The first-order valence-corrected chi connectivity index (χ1v) is 6.23. The first-order chi connectivity index (χ1) is 8.74. The van der Waals surface area contributed by atoms with Gasteiger partial charge in [-0.2, -0.15) is 5.10 Å². The van der Waals surface area contributed by atoms with Crippen molar-refractivity contribution in [1.82, 2.24) is 15.1 Å². The molecule has 19 heavy (non-hydrogen) atoms. The molecule has 6 nitrogen and oxygen atoms in total. The van der Waals surface area contributed by atoms with E-state index in [0.29, 0.717) is 12.0 Å². The van der Waals surface area contributed by atoms with Gasteiger partial charge in [0.15, 0.2) is 0 Å². The number of alkyl carbamates (subject to hydrolysis) is 1. The average Bonchev–Trinajstić information content (AvgIpc) is 2.72. The minimum atomic E-state index is -0.764. The molecule has 0 aliphatic heterocycles. The SMILES string of the molecule is CC(C)n1nccc1C(C=O)NC(=O)OC(C)(C)C. The molecular formula is C13H21N3O3. The lowest BCUT2D eigenvalue weighted by atomic mass is 10.2. The maximum Gasteiger partial charge on any atom is 0.408 e. The van der Waals surface area contributed by atoms with Crippen molar-refractivity contribution >= 4 is 12.4 Å². The Bertz CT molecular complexity index is 446. The third-order valence-corrected chi connectivity index (χ3v) is 2.32. The van der Waals surface area contributed by atoms with Crippen molar-refractivity contribution in [3.05, 3.63) is 18.0 Å². The lowest BCUT2D eigenvalue weighted by Gasteiger charge is -2.22. The van der Waals surface area contributed by atoms with E-state index in [4.69, 9.17) is 4.74 Å². The van der Waals surface area contributed by atoms with Gasteiger partial charge in [-0.05, 0) is 40.7 Å². The summed E-state index contributed by atoms with van der Waals surface area (Å²) in [6.45, 7) is 9.19. The highest BCUT2D eigenvalue weighted by Crippen LogP contribution is 2.16. The van der Waals surface area contributed by atoms with E-state index in [1.165, 1.54) is 0 Å². The van der Waals surface area contributed by atoms with Crippen LogP contribution in [0, 0.1) is 0 Å². The van der Waals surface area contributed by atoms with Gasteiger partial charge in [0.05, 0.1) is 5.69 Å². The minimum absolute atomic E-state index is 0.105. The molecule has 0 bridgehead atoms. The number of aromatic nitrogens is 2. The molecule has 1 amide bonds. The molecule has 0 aliphatic rings. The highest BCUT2D eigenvalue weighted by Gasteiger charge is 2.22. The molecule has 0 saturated carbocycles. The maximum atomic E-state index is 11.7. The van der Waals surface area contributed by atoms with E-state index < -0.39 is 17.7 Å². The van der Waals surface area contributed by atoms with Crippen molar-refractivity contribution < 1.29 is 14.3 Å². The van der Waals surface area contributed by atoms with E-state index in [1.54, 1.807) is 37.7 Å². The summed E-state index contributed by atoms with van der Waals surface area (Å²) >= 11 is 0. The van der Waals surface area contributed by atoms with Gasteiger partial charge < -0.3 is 14.8 Å². The fourth-order valence-corrected chi connectivity index (χ4v) is 1.61. The highest BCUT2D eigenvalue weighted by atomic mass is 16.6. The standard InChI is InChI=1S/C13H21N3O3/c1-9(2)16-11(6-7-14-16)10(8-17)15-12(18)19-13(3,4)5/h6-10H,1-5H3,(H,15,18). The van der Waals surface area contributed by atoms with Gasteiger partial charge in [-0.25, -0.2) is 4.79 Å². The Kier molecular flexibility index (Phi) is 4.69. The summed E-state index contributed by atoms with van der Waals surface area (Å²) in [5.74, 6) is 0. The van der Waals surface area contributed by atoms with Crippen molar-refractivity contribution in [2.75, 3.05) is 0 Å². The van der Waals surface area contributed by atoms with Crippen molar-refractivity contribution in [2.45, 2.75) is 52.3 Å². The molecule has 0 saturated heterocycles. The van der Waals surface area contributed by atoms with Crippen LogP contribution in [0.3, 0.4) is 0 Å². The summed E-state index contributed by atoms with van der Waals surface area (Å²) in [5, 5.41) is 6.66. The second-order valence-corrected chi connectivity index (χ2v) is 5.55. The molecular weight excluding hydrogens is 246 g/mol. The molecule has 0 aromatic carbocycles. The summed E-state index contributed by atoms with van der Waals surface area (Å²) in [5.41, 5.74) is 0.0337. The van der Waals surface area contributed by atoms with Gasteiger partial charge in [-0.15, -0.1) is 0 Å². The van der Waals surface area contributed by atoms with Gasteiger partial charge in [0.2, 0.25) is 0 Å². The number of ether oxygens (including phenoxy) is 1. The molecule has 1 N–H and O–H groups in total. The predicted molar refractivity (Wildman–Crippen MR) is 70.8 cm³/mol. The van der Waals surface area contributed by atoms with Gasteiger partial charge in [0.25, 0.3) is 0 Å². The van der Waals surface area contributed by atoms with Crippen LogP contribution in [0.15, 0.2) is 12.3 Å². The smallest absolute Gasteiger partial charge is 0.408 e. The van der Waals surface area contributed by atoms with E-state index >= 15 is 0 Å². The quantitative estimate of drug-likeness (QED) is 0.849. The molecule has 0 radical (unpaired) electrons. The number of hydrogen-bond acceptors (Lipinski definition) is 4. The minimum Gasteiger partial charge on any atom is -0.444 e. The Morgan fingerprint density at radius 3 is 2.58 bits per heavy atom. The van der Waals surface area contributed by atoms with Gasteiger partial charge in [-0.1, -0.05) is 0 Å². The van der Waals surface area contributed by atoms with E-state index in [2.05, 4.69) is 10.4 Å². The molecule has 0 aliphatic carbocycles. The topological polar surface area (TPSA) is 73.2 Å². The summed E-state index contributed by atoms with van der Waals surface area (Å²) in [4.78, 5) is 22.9. The molecule has 106 valence electrons. The van der Waals surface area contributed by atoms with Crippen LogP contribution >= 0.6 is 0 Å². The Balaban J connectivity index is 2.81. The van der Waals surface area contributed by atoms with E-state index in [0.717, 1.165) is 0 Å². The van der Waals surface area contributed by atoms with Crippen molar-refractivity contribution in [3.63, 3.8) is 0 Å². The number of aldehydes is 1. The summed E-state index contributed by atoms with van der Waals surface area (Å²) in [7, 11) is 0. The van der Waals surface area contributed by atoms with Gasteiger partial charge in [-0.3, -0.25) is 4.68 Å². The van der Waals surface area contributed by atoms with Gasteiger partial charge >= 0.3 is 6.09 Å².